The van der Waals surface area contributed by atoms with Gasteiger partial charge in [-0.2, -0.15) is 0 Å². The molecule has 1 amide bonds. The lowest BCUT2D eigenvalue weighted by atomic mass is 10.2. The van der Waals surface area contributed by atoms with Crippen LogP contribution in [0.1, 0.15) is 32.1 Å². The molecule has 5 heteroatoms. The van der Waals surface area contributed by atoms with E-state index < -0.39 is 0 Å². The molecule has 1 heterocycles. The van der Waals surface area contributed by atoms with Crippen LogP contribution in [0, 0.1) is 0 Å². The zero-order valence-corrected chi connectivity index (χ0v) is 10.3. The minimum absolute atomic E-state index is 0.0854. The second-order valence-corrected chi connectivity index (χ2v) is 3.82. The molecule has 0 aliphatic heterocycles. The molecule has 96 valence electrons. The molecule has 0 saturated carbocycles. The fraction of sp³-hybridized carbons (Fsp3) is 0.583. The summed E-state index contributed by atoms with van der Waals surface area (Å²) in [7, 11) is 0. The van der Waals surface area contributed by atoms with Crippen LogP contribution in [-0.4, -0.2) is 25.2 Å². The molecule has 3 N–H and O–H groups in total. The largest absolute Gasteiger partial charge is 0.467 e. The highest BCUT2D eigenvalue weighted by atomic mass is 16.5. The van der Waals surface area contributed by atoms with Gasteiger partial charge in [0.2, 0.25) is 5.91 Å². The number of ether oxygens (including phenoxy) is 1. The number of carbonyl (C=O) groups is 1. The molecule has 0 aliphatic rings. The van der Waals surface area contributed by atoms with E-state index in [1.807, 2.05) is 19.9 Å². The van der Waals surface area contributed by atoms with E-state index in [0.29, 0.717) is 13.2 Å². The van der Waals surface area contributed by atoms with Gasteiger partial charge in [-0.05, 0) is 26.0 Å². The summed E-state index contributed by atoms with van der Waals surface area (Å²) in [6.45, 7) is 4.65. The molecule has 1 aromatic rings. The van der Waals surface area contributed by atoms with Crippen molar-refractivity contribution in [1.29, 1.82) is 0 Å². The summed E-state index contributed by atoms with van der Waals surface area (Å²) < 4.78 is 10.5. The highest BCUT2D eigenvalue weighted by Gasteiger charge is 2.16. The van der Waals surface area contributed by atoms with Gasteiger partial charge in [-0.15, -0.1) is 0 Å². The third-order valence-electron chi connectivity index (χ3n) is 2.43. The highest BCUT2D eigenvalue weighted by molar-refractivity contribution is 5.76. The van der Waals surface area contributed by atoms with Crippen molar-refractivity contribution in [3.63, 3.8) is 0 Å². The lowest BCUT2D eigenvalue weighted by Gasteiger charge is -2.16. The van der Waals surface area contributed by atoms with Crippen LogP contribution in [0.2, 0.25) is 0 Å². The average molecular weight is 240 g/mol. The van der Waals surface area contributed by atoms with E-state index in [0.717, 1.165) is 5.76 Å². The molecule has 1 aromatic heterocycles. The second kappa shape index (κ2) is 7.09. The summed E-state index contributed by atoms with van der Waals surface area (Å²) in [5, 5.41) is 2.84. The molecular weight excluding hydrogens is 220 g/mol. The van der Waals surface area contributed by atoms with Crippen LogP contribution in [0.15, 0.2) is 22.8 Å². The third-order valence-corrected chi connectivity index (χ3v) is 2.43. The summed E-state index contributed by atoms with van der Waals surface area (Å²) in [5.41, 5.74) is 5.51. The predicted octanol–water partition coefficient (Wildman–Crippen LogP) is 1.21. The van der Waals surface area contributed by atoms with Crippen LogP contribution in [0.25, 0.3) is 0 Å². The maximum Gasteiger partial charge on any atom is 0.223 e. The zero-order valence-electron chi connectivity index (χ0n) is 10.3. The molecule has 0 aliphatic carbocycles. The summed E-state index contributed by atoms with van der Waals surface area (Å²) in [6, 6.07) is 3.48. The molecule has 0 spiro atoms. The number of hydrogen-bond donors (Lipinski definition) is 2. The van der Waals surface area contributed by atoms with Crippen LogP contribution in [0.5, 0.6) is 0 Å². The molecule has 0 radical (unpaired) electrons. The van der Waals surface area contributed by atoms with Crippen molar-refractivity contribution in [3.05, 3.63) is 24.2 Å². The Kier molecular flexibility index (Phi) is 5.72. The quantitative estimate of drug-likeness (QED) is 0.751. The van der Waals surface area contributed by atoms with Crippen LogP contribution < -0.4 is 11.1 Å². The standard InChI is InChI=1S/C12H20N2O3/c1-3-16-10(8-13)7-12(15)14-9(2)11-5-4-6-17-11/h4-6,9-10H,3,7-8,13H2,1-2H3,(H,14,15)/t9-,10?/m1/s1. The predicted molar refractivity (Wildman–Crippen MR) is 64.4 cm³/mol. The lowest BCUT2D eigenvalue weighted by molar-refractivity contribution is -0.124. The molecule has 0 aromatic carbocycles. The minimum atomic E-state index is -0.219. The summed E-state index contributed by atoms with van der Waals surface area (Å²) in [4.78, 5) is 11.7. The van der Waals surface area contributed by atoms with Gasteiger partial charge in [0, 0.05) is 13.2 Å². The number of hydrogen-bond acceptors (Lipinski definition) is 4. The van der Waals surface area contributed by atoms with Crippen molar-refractivity contribution >= 4 is 5.91 Å². The summed E-state index contributed by atoms with van der Waals surface area (Å²) in [5.74, 6) is 0.650. The van der Waals surface area contributed by atoms with Crippen LogP contribution in [-0.2, 0) is 9.53 Å². The Morgan fingerprint density at radius 1 is 1.65 bits per heavy atom. The van der Waals surface area contributed by atoms with Crippen molar-refractivity contribution in [2.75, 3.05) is 13.2 Å². The second-order valence-electron chi connectivity index (χ2n) is 3.82. The Morgan fingerprint density at radius 2 is 2.41 bits per heavy atom. The average Bonchev–Trinajstić information content (AvgIpc) is 2.81. The molecule has 17 heavy (non-hydrogen) atoms. The Hall–Kier alpha value is -1.33. The maximum absolute atomic E-state index is 11.7. The van der Waals surface area contributed by atoms with E-state index in [9.17, 15) is 4.79 Å². The number of amides is 1. The first-order valence-electron chi connectivity index (χ1n) is 5.81. The van der Waals surface area contributed by atoms with E-state index in [4.69, 9.17) is 14.9 Å². The Morgan fingerprint density at radius 3 is 2.94 bits per heavy atom. The van der Waals surface area contributed by atoms with Crippen molar-refractivity contribution < 1.29 is 13.9 Å². The number of furan rings is 1. The van der Waals surface area contributed by atoms with Crippen molar-refractivity contribution in [3.8, 4) is 0 Å². The zero-order chi connectivity index (χ0) is 12.7. The van der Waals surface area contributed by atoms with Crippen molar-refractivity contribution in [1.82, 2.24) is 5.32 Å². The van der Waals surface area contributed by atoms with Gasteiger partial charge in [-0.3, -0.25) is 4.79 Å². The molecule has 0 bridgehead atoms. The minimum Gasteiger partial charge on any atom is -0.467 e. The number of nitrogens with two attached hydrogens (primary N) is 1. The molecule has 2 atom stereocenters. The van der Waals surface area contributed by atoms with E-state index in [1.165, 1.54) is 0 Å². The molecule has 1 rings (SSSR count). The van der Waals surface area contributed by atoms with Gasteiger partial charge in [0.1, 0.15) is 5.76 Å². The Bertz CT molecular complexity index is 325. The van der Waals surface area contributed by atoms with E-state index in [-0.39, 0.29) is 24.5 Å². The van der Waals surface area contributed by atoms with Gasteiger partial charge in [0.25, 0.3) is 0 Å². The molecule has 0 fully saturated rings. The third kappa shape index (κ3) is 4.58. The first-order valence-corrected chi connectivity index (χ1v) is 5.81. The molecule has 0 saturated heterocycles. The van der Waals surface area contributed by atoms with E-state index >= 15 is 0 Å². The fourth-order valence-corrected chi connectivity index (χ4v) is 1.56. The Labute approximate surface area is 101 Å². The van der Waals surface area contributed by atoms with Gasteiger partial charge >= 0.3 is 0 Å². The molecule has 5 nitrogen and oxygen atoms in total. The first-order chi connectivity index (χ1) is 8.17. The Balaban J connectivity index is 2.38. The number of rotatable bonds is 7. The van der Waals surface area contributed by atoms with Crippen LogP contribution in [0.3, 0.4) is 0 Å². The SMILES string of the molecule is CCOC(CN)CC(=O)N[C@H](C)c1ccco1. The topological polar surface area (TPSA) is 77.5 Å². The van der Waals surface area contributed by atoms with Gasteiger partial charge in [0.15, 0.2) is 0 Å². The van der Waals surface area contributed by atoms with Crippen LogP contribution in [0.4, 0.5) is 0 Å². The van der Waals surface area contributed by atoms with Gasteiger partial charge < -0.3 is 20.2 Å². The van der Waals surface area contributed by atoms with Crippen LogP contribution >= 0.6 is 0 Å². The van der Waals surface area contributed by atoms with E-state index in [2.05, 4.69) is 5.32 Å². The highest BCUT2D eigenvalue weighted by Crippen LogP contribution is 2.12. The molecule has 1 unspecified atom stereocenters. The van der Waals surface area contributed by atoms with Gasteiger partial charge in [-0.25, -0.2) is 0 Å². The van der Waals surface area contributed by atoms with Crippen molar-refractivity contribution in [2.24, 2.45) is 5.73 Å². The normalized spacial score (nSPS) is 14.3. The number of nitrogens with one attached hydrogen (secondary N) is 1. The summed E-state index contributed by atoms with van der Waals surface area (Å²) >= 11 is 0. The fourth-order valence-electron chi connectivity index (χ4n) is 1.56. The maximum atomic E-state index is 11.7. The summed E-state index contributed by atoms with van der Waals surface area (Å²) in [6.07, 6.45) is 1.64. The van der Waals surface area contributed by atoms with Gasteiger partial charge in [0.05, 0.1) is 24.8 Å². The smallest absolute Gasteiger partial charge is 0.223 e. The van der Waals surface area contributed by atoms with Crippen molar-refractivity contribution in [2.45, 2.75) is 32.4 Å². The molecular formula is C12H20N2O3. The lowest BCUT2D eigenvalue weighted by Crippen LogP contribution is -2.34. The van der Waals surface area contributed by atoms with E-state index in [1.54, 1.807) is 12.3 Å². The van der Waals surface area contributed by atoms with Gasteiger partial charge in [-0.1, -0.05) is 0 Å². The monoisotopic (exact) mass is 240 g/mol. The first kappa shape index (κ1) is 13.7. The number of carbonyl (C=O) groups excluding carboxylic acids is 1.